The molecule has 0 fully saturated rings. The number of benzene rings is 1. The average Bonchev–Trinajstić information content (AvgIpc) is 2.29. The Balaban J connectivity index is 2.71. The van der Waals surface area contributed by atoms with Crippen LogP contribution in [-0.4, -0.2) is 30.2 Å². The molecule has 16 heavy (non-hydrogen) atoms. The summed E-state index contributed by atoms with van der Waals surface area (Å²) in [6.07, 6.45) is -0.532. The van der Waals surface area contributed by atoms with E-state index >= 15 is 0 Å². The van der Waals surface area contributed by atoms with Crippen LogP contribution in [0.25, 0.3) is 0 Å². The number of aliphatic hydroxyl groups excluding tert-OH is 1. The second kappa shape index (κ2) is 6.99. The molecule has 0 saturated heterocycles. The highest BCUT2D eigenvalue weighted by atomic mass is 79.9. The molecule has 0 aliphatic heterocycles. The van der Waals surface area contributed by atoms with Crippen LogP contribution in [-0.2, 0) is 0 Å². The zero-order valence-corrected chi connectivity index (χ0v) is 11.5. The van der Waals surface area contributed by atoms with Crippen LogP contribution in [0.2, 0.25) is 0 Å². The van der Waals surface area contributed by atoms with Gasteiger partial charge in [-0.15, -0.1) is 11.6 Å². The Morgan fingerprint density at radius 3 is 2.75 bits per heavy atom. The molecule has 0 radical (unpaired) electrons. The van der Waals surface area contributed by atoms with Gasteiger partial charge in [0.2, 0.25) is 0 Å². The smallest absolute Gasteiger partial charge is 0.0847 e. The minimum absolute atomic E-state index is 0.234. The lowest BCUT2D eigenvalue weighted by Crippen LogP contribution is -2.21. The van der Waals surface area contributed by atoms with Crippen molar-refractivity contribution >= 4 is 38.9 Å². The number of aliphatic hydroxyl groups is 1. The fourth-order valence-corrected chi connectivity index (χ4v) is 1.76. The van der Waals surface area contributed by atoms with E-state index in [0.717, 1.165) is 22.4 Å². The minimum atomic E-state index is -0.532. The molecule has 1 rings (SSSR count). The summed E-state index contributed by atoms with van der Waals surface area (Å²) in [5.74, 6) is 0.234. The van der Waals surface area contributed by atoms with Crippen molar-refractivity contribution in [1.82, 2.24) is 0 Å². The van der Waals surface area contributed by atoms with E-state index in [4.69, 9.17) is 11.6 Å². The third kappa shape index (κ3) is 4.20. The summed E-state index contributed by atoms with van der Waals surface area (Å²) in [7, 11) is 0. The van der Waals surface area contributed by atoms with E-state index in [1.165, 1.54) is 0 Å². The van der Waals surface area contributed by atoms with E-state index in [-0.39, 0.29) is 5.88 Å². The summed E-state index contributed by atoms with van der Waals surface area (Å²) in [6.45, 7) is 3.34. The van der Waals surface area contributed by atoms with E-state index in [1.54, 1.807) is 0 Å². The van der Waals surface area contributed by atoms with Crippen molar-refractivity contribution in [2.45, 2.75) is 13.0 Å². The number of halogens is 2. The van der Waals surface area contributed by atoms with Gasteiger partial charge in [0, 0.05) is 17.6 Å². The highest BCUT2D eigenvalue weighted by Crippen LogP contribution is 2.25. The van der Waals surface area contributed by atoms with E-state index in [1.807, 2.05) is 25.1 Å². The van der Waals surface area contributed by atoms with Gasteiger partial charge in [-0.25, -0.2) is 0 Å². The van der Waals surface area contributed by atoms with Crippen molar-refractivity contribution in [2.24, 2.45) is 0 Å². The van der Waals surface area contributed by atoms with Gasteiger partial charge in [0.1, 0.15) is 0 Å². The summed E-state index contributed by atoms with van der Waals surface area (Å²) in [5, 5.41) is 15.8. The molecule has 0 aliphatic rings. The molecule has 90 valence electrons. The fraction of sp³-hybridized carbons (Fsp3) is 0.455. The normalized spacial score (nSPS) is 12.2. The summed E-state index contributed by atoms with van der Waals surface area (Å²) in [4.78, 5) is 0. The molecule has 1 aromatic rings. The maximum Gasteiger partial charge on any atom is 0.0847 e. The van der Waals surface area contributed by atoms with Crippen molar-refractivity contribution in [1.29, 1.82) is 0 Å². The maximum absolute atomic E-state index is 9.38. The lowest BCUT2D eigenvalue weighted by Gasteiger charge is -2.15. The topological polar surface area (TPSA) is 44.3 Å². The van der Waals surface area contributed by atoms with Crippen LogP contribution in [0.4, 0.5) is 11.4 Å². The molecule has 0 aliphatic carbocycles. The van der Waals surface area contributed by atoms with Gasteiger partial charge in [-0.1, -0.05) is 15.9 Å². The number of nitrogens with one attached hydrogen (secondary N) is 2. The van der Waals surface area contributed by atoms with Gasteiger partial charge in [0.05, 0.1) is 23.4 Å². The first-order valence-corrected chi connectivity index (χ1v) is 6.51. The van der Waals surface area contributed by atoms with Gasteiger partial charge < -0.3 is 15.7 Å². The van der Waals surface area contributed by atoms with Crippen molar-refractivity contribution in [3.63, 3.8) is 0 Å². The Morgan fingerprint density at radius 2 is 2.12 bits per heavy atom. The van der Waals surface area contributed by atoms with Crippen LogP contribution in [0.15, 0.2) is 22.7 Å². The van der Waals surface area contributed by atoms with Gasteiger partial charge in [-0.3, -0.25) is 0 Å². The molecule has 1 unspecified atom stereocenters. The summed E-state index contributed by atoms with van der Waals surface area (Å²) in [6, 6.07) is 5.93. The zero-order chi connectivity index (χ0) is 12.0. The molecular formula is C11H16BrClN2O. The van der Waals surface area contributed by atoms with E-state index in [2.05, 4.69) is 26.6 Å². The van der Waals surface area contributed by atoms with Crippen LogP contribution in [0.5, 0.6) is 0 Å². The first-order valence-electron chi connectivity index (χ1n) is 5.18. The van der Waals surface area contributed by atoms with Crippen LogP contribution < -0.4 is 10.6 Å². The average molecular weight is 308 g/mol. The van der Waals surface area contributed by atoms with E-state index in [9.17, 15) is 5.11 Å². The van der Waals surface area contributed by atoms with Crippen molar-refractivity contribution in [3.05, 3.63) is 22.7 Å². The maximum atomic E-state index is 9.38. The van der Waals surface area contributed by atoms with Gasteiger partial charge in [-0.05, 0) is 25.1 Å². The van der Waals surface area contributed by atoms with Gasteiger partial charge >= 0.3 is 0 Å². The third-order valence-electron chi connectivity index (χ3n) is 2.06. The van der Waals surface area contributed by atoms with Crippen molar-refractivity contribution < 1.29 is 5.11 Å². The molecular weight excluding hydrogens is 291 g/mol. The molecule has 0 heterocycles. The second-order valence-corrected chi connectivity index (χ2v) is 4.63. The lowest BCUT2D eigenvalue weighted by molar-refractivity contribution is 0.211. The molecule has 0 aromatic heterocycles. The standard InChI is InChI=1S/C11H16BrClN2O/c1-2-14-10-4-3-8(12)5-11(10)15-7-9(16)6-13/h3-5,9,14-16H,2,6-7H2,1H3. The number of alkyl halides is 1. The third-order valence-corrected chi connectivity index (χ3v) is 2.90. The molecule has 3 N–H and O–H groups in total. The summed E-state index contributed by atoms with van der Waals surface area (Å²) < 4.78 is 0.997. The van der Waals surface area contributed by atoms with Crippen molar-refractivity contribution in [3.8, 4) is 0 Å². The first-order chi connectivity index (χ1) is 7.67. The van der Waals surface area contributed by atoms with Crippen molar-refractivity contribution in [2.75, 3.05) is 29.6 Å². The van der Waals surface area contributed by atoms with Gasteiger partial charge in [0.25, 0.3) is 0 Å². The quantitative estimate of drug-likeness (QED) is 0.708. The predicted octanol–water partition coefficient (Wildman–Crippen LogP) is 2.89. The number of hydrogen-bond acceptors (Lipinski definition) is 3. The predicted molar refractivity (Wildman–Crippen MR) is 73.5 cm³/mol. The molecule has 0 saturated carbocycles. The number of rotatable bonds is 6. The number of hydrogen-bond donors (Lipinski definition) is 3. The van der Waals surface area contributed by atoms with Crippen LogP contribution in [0.3, 0.4) is 0 Å². The minimum Gasteiger partial charge on any atom is -0.390 e. The van der Waals surface area contributed by atoms with Gasteiger partial charge in [0.15, 0.2) is 0 Å². The van der Waals surface area contributed by atoms with E-state index < -0.39 is 6.10 Å². The Kier molecular flexibility index (Phi) is 5.95. The highest BCUT2D eigenvalue weighted by molar-refractivity contribution is 9.10. The Labute approximate surface area is 109 Å². The molecule has 0 amide bonds. The summed E-state index contributed by atoms with van der Waals surface area (Å²) >= 11 is 8.95. The summed E-state index contributed by atoms with van der Waals surface area (Å²) in [5.41, 5.74) is 1.98. The van der Waals surface area contributed by atoms with Crippen LogP contribution in [0.1, 0.15) is 6.92 Å². The monoisotopic (exact) mass is 306 g/mol. The fourth-order valence-electron chi connectivity index (χ4n) is 1.29. The Hall–Kier alpha value is -0.450. The largest absolute Gasteiger partial charge is 0.390 e. The SMILES string of the molecule is CCNc1ccc(Br)cc1NCC(O)CCl. The highest BCUT2D eigenvalue weighted by Gasteiger charge is 2.05. The first kappa shape index (κ1) is 13.6. The van der Waals surface area contributed by atoms with Crippen LogP contribution in [0, 0.1) is 0 Å². The molecule has 5 heteroatoms. The molecule has 3 nitrogen and oxygen atoms in total. The molecule has 0 spiro atoms. The zero-order valence-electron chi connectivity index (χ0n) is 9.13. The van der Waals surface area contributed by atoms with Gasteiger partial charge in [-0.2, -0.15) is 0 Å². The Bertz CT molecular complexity index is 336. The molecule has 1 aromatic carbocycles. The van der Waals surface area contributed by atoms with Crippen LogP contribution >= 0.6 is 27.5 Å². The van der Waals surface area contributed by atoms with E-state index in [0.29, 0.717) is 6.54 Å². The number of anilines is 2. The Morgan fingerprint density at radius 1 is 1.38 bits per heavy atom. The lowest BCUT2D eigenvalue weighted by atomic mass is 10.2. The molecule has 1 atom stereocenters. The molecule has 0 bridgehead atoms. The second-order valence-electron chi connectivity index (χ2n) is 3.41.